The van der Waals surface area contributed by atoms with Crippen molar-refractivity contribution in [3.63, 3.8) is 0 Å². The van der Waals surface area contributed by atoms with Crippen LogP contribution in [0.15, 0.2) is 47.1 Å². The van der Waals surface area contributed by atoms with E-state index in [4.69, 9.17) is 4.42 Å². The summed E-state index contributed by atoms with van der Waals surface area (Å²) in [6, 6.07) is 7.69. The van der Waals surface area contributed by atoms with Gasteiger partial charge >= 0.3 is 0 Å². The predicted molar refractivity (Wildman–Crippen MR) is 60.5 cm³/mol. The molecule has 90 valence electrons. The molecule has 0 aliphatic rings. The highest BCUT2D eigenvalue weighted by atomic mass is 16.6. The number of nitro benzene ring substituents is 1. The summed E-state index contributed by atoms with van der Waals surface area (Å²) < 4.78 is 4.82. The van der Waals surface area contributed by atoms with Crippen LogP contribution in [0.2, 0.25) is 0 Å². The quantitative estimate of drug-likeness (QED) is 0.356. The van der Waals surface area contributed by atoms with E-state index in [0.717, 1.165) is 0 Å². The van der Waals surface area contributed by atoms with Crippen LogP contribution in [0.5, 0.6) is 0 Å². The Hall–Kier alpha value is -2.76. The number of rotatable bonds is 4. The summed E-state index contributed by atoms with van der Waals surface area (Å²) >= 11 is 0. The van der Waals surface area contributed by atoms with Gasteiger partial charge in [-0.15, -0.1) is 0 Å². The van der Waals surface area contributed by atoms with E-state index < -0.39 is 16.5 Å². The molecule has 1 aromatic carbocycles. The van der Waals surface area contributed by atoms with Gasteiger partial charge in [0.1, 0.15) is 0 Å². The maximum absolute atomic E-state index is 11.7. The molecule has 0 fully saturated rings. The van der Waals surface area contributed by atoms with Crippen LogP contribution in [0, 0.1) is 10.1 Å². The molecule has 0 bridgehead atoms. The number of nitro groups is 1. The molecule has 0 N–H and O–H groups in total. The Kier molecular flexibility index (Phi) is 3.01. The minimum atomic E-state index is -0.783. The standard InChI is InChI=1S/C12H7NO5/c14-11(12(15)10-2-1-7-18-10)8-3-5-9(6-4-8)13(16)17/h1-7H. The number of hydrogen-bond donors (Lipinski definition) is 0. The lowest BCUT2D eigenvalue weighted by Gasteiger charge is -1.97. The van der Waals surface area contributed by atoms with Crippen LogP contribution in [0.4, 0.5) is 5.69 Å². The van der Waals surface area contributed by atoms with Crippen molar-refractivity contribution in [1.29, 1.82) is 0 Å². The average Bonchev–Trinajstić information content (AvgIpc) is 2.91. The van der Waals surface area contributed by atoms with Crippen molar-refractivity contribution >= 4 is 17.3 Å². The van der Waals surface area contributed by atoms with Crippen LogP contribution in [-0.2, 0) is 0 Å². The van der Waals surface area contributed by atoms with Gasteiger partial charge in [0, 0.05) is 17.7 Å². The molecule has 1 heterocycles. The minimum absolute atomic E-state index is 0.0571. The van der Waals surface area contributed by atoms with Crippen molar-refractivity contribution in [3.8, 4) is 0 Å². The van der Waals surface area contributed by atoms with Crippen molar-refractivity contribution < 1.29 is 18.9 Å². The number of furan rings is 1. The number of benzene rings is 1. The second-order valence-electron chi connectivity index (χ2n) is 3.44. The lowest BCUT2D eigenvalue weighted by molar-refractivity contribution is -0.384. The number of nitrogens with zero attached hydrogens (tertiary/aromatic N) is 1. The summed E-state index contributed by atoms with van der Waals surface area (Å²) in [5.41, 5.74) is -0.0565. The van der Waals surface area contributed by atoms with Gasteiger partial charge in [0.05, 0.1) is 11.2 Å². The lowest BCUT2D eigenvalue weighted by Crippen LogP contribution is -2.13. The zero-order valence-electron chi connectivity index (χ0n) is 9.03. The molecule has 0 atom stereocenters. The van der Waals surface area contributed by atoms with E-state index in [9.17, 15) is 19.7 Å². The van der Waals surface area contributed by atoms with Gasteiger partial charge in [-0.05, 0) is 24.3 Å². The smallest absolute Gasteiger partial charge is 0.269 e. The highest BCUT2D eigenvalue weighted by molar-refractivity contribution is 6.48. The number of hydrogen-bond acceptors (Lipinski definition) is 5. The van der Waals surface area contributed by atoms with Crippen molar-refractivity contribution in [3.05, 3.63) is 64.1 Å². The molecule has 18 heavy (non-hydrogen) atoms. The second-order valence-corrected chi connectivity index (χ2v) is 3.44. The molecule has 0 amide bonds. The largest absolute Gasteiger partial charge is 0.461 e. The molecule has 0 spiro atoms. The average molecular weight is 245 g/mol. The highest BCUT2D eigenvalue weighted by Crippen LogP contribution is 2.14. The summed E-state index contributed by atoms with van der Waals surface area (Å²) in [6.45, 7) is 0. The van der Waals surface area contributed by atoms with Gasteiger partial charge in [0.25, 0.3) is 11.5 Å². The first-order valence-electron chi connectivity index (χ1n) is 4.96. The van der Waals surface area contributed by atoms with Crippen molar-refractivity contribution in [2.45, 2.75) is 0 Å². The number of carbonyl (C=O) groups is 2. The molecule has 6 nitrogen and oxygen atoms in total. The fourth-order valence-corrected chi connectivity index (χ4v) is 1.39. The van der Waals surface area contributed by atoms with Gasteiger partial charge in [-0.1, -0.05) is 0 Å². The molecule has 0 radical (unpaired) electrons. The van der Waals surface area contributed by atoms with Gasteiger partial charge in [-0.3, -0.25) is 19.7 Å². The Morgan fingerprint density at radius 3 is 2.22 bits per heavy atom. The van der Waals surface area contributed by atoms with Gasteiger partial charge < -0.3 is 4.42 Å². The van der Waals surface area contributed by atoms with Crippen molar-refractivity contribution in [2.24, 2.45) is 0 Å². The Bertz CT molecular complexity index is 598. The Morgan fingerprint density at radius 1 is 1.06 bits per heavy atom. The van der Waals surface area contributed by atoms with Crippen LogP contribution in [0.25, 0.3) is 0 Å². The van der Waals surface area contributed by atoms with Gasteiger partial charge in [0.2, 0.25) is 5.78 Å². The molecule has 0 unspecified atom stereocenters. The topological polar surface area (TPSA) is 90.4 Å². The molecule has 0 aliphatic carbocycles. The molecule has 6 heteroatoms. The number of ketones is 2. The third-order valence-electron chi connectivity index (χ3n) is 2.29. The molecular formula is C12H7NO5. The number of non-ortho nitro benzene ring substituents is 1. The highest BCUT2D eigenvalue weighted by Gasteiger charge is 2.21. The van der Waals surface area contributed by atoms with E-state index in [1.807, 2.05) is 0 Å². The fraction of sp³-hybridized carbons (Fsp3) is 0. The summed E-state index contributed by atoms with van der Waals surface area (Å²) in [7, 11) is 0. The van der Waals surface area contributed by atoms with E-state index in [0.29, 0.717) is 0 Å². The predicted octanol–water partition coefficient (Wildman–Crippen LogP) is 2.25. The van der Waals surface area contributed by atoms with Crippen molar-refractivity contribution in [2.75, 3.05) is 0 Å². The maximum atomic E-state index is 11.7. The Balaban J connectivity index is 2.24. The zero-order valence-corrected chi connectivity index (χ0v) is 9.03. The van der Waals surface area contributed by atoms with E-state index in [-0.39, 0.29) is 17.0 Å². The molecule has 2 aromatic rings. The van der Waals surface area contributed by atoms with E-state index >= 15 is 0 Å². The number of carbonyl (C=O) groups excluding carboxylic acids is 2. The molecule has 1 aromatic heterocycles. The normalized spacial score (nSPS) is 10.0. The summed E-state index contributed by atoms with van der Waals surface area (Å²) in [4.78, 5) is 33.3. The monoisotopic (exact) mass is 245 g/mol. The van der Waals surface area contributed by atoms with Crippen LogP contribution in [-0.4, -0.2) is 16.5 Å². The SMILES string of the molecule is O=C(C(=O)c1ccco1)c1ccc([N+](=O)[O-])cc1. The van der Waals surface area contributed by atoms with Gasteiger partial charge in [-0.2, -0.15) is 0 Å². The van der Waals surface area contributed by atoms with Crippen LogP contribution < -0.4 is 0 Å². The van der Waals surface area contributed by atoms with Crippen LogP contribution in [0.3, 0.4) is 0 Å². The van der Waals surface area contributed by atoms with Gasteiger partial charge in [-0.25, -0.2) is 0 Å². The second kappa shape index (κ2) is 4.62. The van der Waals surface area contributed by atoms with E-state index in [1.54, 1.807) is 0 Å². The van der Waals surface area contributed by atoms with Crippen LogP contribution in [0.1, 0.15) is 20.9 Å². The zero-order chi connectivity index (χ0) is 13.1. The summed E-state index contributed by atoms with van der Waals surface area (Å²) in [5, 5.41) is 10.4. The summed E-state index contributed by atoms with van der Waals surface area (Å²) in [6.07, 6.45) is 1.29. The molecular weight excluding hydrogens is 238 g/mol. The maximum Gasteiger partial charge on any atom is 0.269 e. The van der Waals surface area contributed by atoms with Gasteiger partial charge in [0.15, 0.2) is 5.76 Å². The molecule has 0 aliphatic heterocycles. The fourth-order valence-electron chi connectivity index (χ4n) is 1.39. The Labute approximate surface area is 101 Å². The third-order valence-corrected chi connectivity index (χ3v) is 2.29. The van der Waals surface area contributed by atoms with E-state index in [1.165, 1.54) is 42.7 Å². The Morgan fingerprint density at radius 2 is 1.72 bits per heavy atom. The summed E-state index contributed by atoms with van der Waals surface area (Å²) in [5.74, 6) is -1.60. The minimum Gasteiger partial charge on any atom is -0.461 e. The number of Topliss-reactive ketones (excluding diaryl/α,β-unsaturated/α-hetero) is 2. The first kappa shape index (κ1) is 11.7. The third kappa shape index (κ3) is 2.17. The van der Waals surface area contributed by atoms with Crippen LogP contribution >= 0.6 is 0 Å². The molecule has 2 rings (SSSR count). The molecule has 0 saturated heterocycles. The molecule has 0 saturated carbocycles. The van der Waals surface area contributed by atoms with E-state index in [2.05, 4.69) is 0 Å². The lowest BCUT2D eigenvalue weighted by atomic mass is 10.1. The van der Waals surface area contributed by atoms with Crippen molar-refractivity contribution in [1.82, 2.24) is 0 Å². The first-order valence-corrected chi connectivity index (χ1v) is 4.96. The first-order chi connectivity index (χ1) is 8.59.